The van der Waals surface area contributed by atoms with Gasteiger partial charge >= 0.3 is 0 Å². The summed E-state index contributed by atoms with van der Waals surface area (Å²) in [5.41, 5.74) is 5.64. The van der Waals surface area contributed by atoms with Crippen molar-refractivity contribution in [2.24, 2.45) is 0 Å². The van der Waals surface area contributed by atoms with E-state index in [4.69, 9.17) is 11.6 Å². The number of aromatic nitrogens is 6. The van der Waals surface area contributed by atoms with Crippen molar-refractivity contribution in [3.05, 3.63) is 98.0 Å². The van der Waals surface area contributed by atoms with Crippen molar-refractivity contribution >= 4 is 65.5 Å². The third kappa shape index (κ3) is 4.68. The highest BCUT2D eigenvalue weighted by molar-refractivity contribution is 9.10. The van der Waals surface area contributed by atoms with Gasteiger partial charge in [0.1, 0.15) is 16.4 Å². The lowest BCUT2D eigenvalue weighted by atomic mass is 10.1. The van der Waals surface area contributed by atoms with Crippen LogP contribution in [0.3, 0.4) is 0 Å². The van der Waals surface area contributed by atoms with Gasteiger partial charge in [0, 0.05) is 85.2 Å². The molecule has 0 saturated carbocycles. The SMILES string of the molecule is Clc1ccc(-c2c[nH]c3ncc(Br)cc23)cn1.O=c1ccc(-c2c[nH]c3ncc(Br)cc23)c[nH]1. The predicted octanol–water partition coefficient (Wildman–Crippen LogP) is 6.72. The molecule has 34 heavy (non-hydrogen) atoms. The number of halogens is 3. The van der Waals surface area contributed by atoms with Gasteiger partial charge in [-0.15, -0.1) is 0 Å². The van der Waals surface area contributed by atoms with Gasteiger partial charge in [-0.05, 0) is 62.2 Å². The highest BCUT2D eigenvalue weighted by Crippen LogP contribution is 2.30. The van der Waals surface area contributed by atoms with Crippen LogP contribution in [0.2, 0.25) is 5.15 Å². The average molecular weight is 599 g/mol. The first-order valence-electron chi connectivity index (χ1n) is 10.0. The van der Waals surface area contributed by atoms with Crippen LogP contribution in [0.4, 0.5) is 0 Å². The summed E-state index contributed by atoms with van der Waals surface area (Å²) in [6.45, 7) is 0. The number of fused-ring (bicyclic) bond motifs is 2. The second kappa shape index (κ2) is 9.54. The highest BCUT2D eigenvalue weighted by Gasteiger charge is 2.08. The predicted molar refractivity (Wildman–Crippen MR) is 142 cm³/mol. The normalized spacial score (nSPS) is 10.9. The molecule has 10 heteroatoms. The number of rotatable bonds is 2. The van der Waals surface area contributed by atoms with E-state index in [0.717, 1.165) is 53.3 Å². The zero-order valence-corrected chi connectivity index (χ0v) is 21.2. The molecular formula is C24H15Br2ClN6O. The lowest BCUT2D eigenvalue weighted by Crippen LogP contribution is -2.01. The maximum atomic E-state index is 11.0. The second-order valence-corrected chi connectivity index (χ2v) is 9.53. The zero-order valence-electron chi connectivity index (χ0n) is 17.3. The van der Waals surface area contributed by atoms with Gasteiger partial charge in [-0.3, -0.25) is 4.79 Å². The first-order chi connectivity index (χ1) is 16.5. The quantitative estimate of drug-likeness (QED) is 0.193. The lowest BCUT2D eigenvalue weighted by molar-refractivity contribution is 1.24. The van der Waals surface area contributed by atoms with Crippen molar-refractivity contribution in [1.29, 1.82) is 0 Å². The molecule has 0 aliphatic heterocycles. The molecule has 3 N–H and O–H groups in total. The molecule has 0 spiro atoms. The second-order valence-electron chi connectivity index (χ2n) is 7.32. The molecule has 0 fully saturated rings. The Kier molecular flexibility index (Phi) is 6.32. The Morgan fingerprint density at radius 2 is 1.26 bits per heavy atom. The maximum Gasteiger partial charge on any atom is 0.247 e. The molecule has 0 bridgehead atoms. The summed E-state index contributed by atoms with van der Waals surface area (Å²) in [6.07, 6.45) is 10.8. The molecule has 0 atom stereocenters. The molecule has 0 aliphatic rings. The molecular weight excluding hydrogens is 584 g/mol. The minimum absolute atomic E-state index is 0.104. The van der Waals surface area contributed by atoms with Crippen LogP contribution in [0.5, 0.6) is 0 Å². The maximum absolute atomic E-state index is 11.0. The van der Waals surface area contributed by atoms with Crippen LogP contribution in [-0.4, -0.2) is 29.9 Å². The Balaban J connectivity index is 0.000000142. The van der Waals surface area contributed by atoms with E-state index in [9.17, 15) is 4.79 Å². The van der Waals surface area contributed by atoms with Gasteiger partial charge in [0.25, 0.3) is 0 Å². The van der Waals surface area contributed by atoms with E-state index < -0.39 is 0 Å². The monoisotopic (exact) mass is 596 g/mol. The number of hydrogen-bond donors (Lipinski definition) is 3. The van der Waals surface area contributed by atoms with Crippen LogP contribution in [0.15, 0.2) is 87.3 Å². The molecule has 0 aliphatic carbocycles. The molecule has 7 nitrogen and oxygen atoms in total. The van der Waals surface area contributed by atoms with E-state index in [-0.39, 0.29) is 5.56 Å². The number of aromatic amines is 3. The summed E-state index contributed by atoms with van der Waals surface area (Å²) in [7, 11) is 0. The van der Waals surface area contributed by atoms with E-state index in [1.807, 2.05) is 30.6 Å². The Hall–Kier alpha value is -3.27. The van der Waals surface area contributed by atoms with Crippen LogP contribution in [-0.2, 0) is 0 Å². The Morgan fingerprint density at radius 1 is 0.676 bits per heavy atom. The Labute approximate surface area is 214 Å². The topological polar surface area (TPSA) is 103 Å². The number of hydrogen-bond acceptors (Lipinski definition) is 4. The van der Waals surface area contributed by atoms with E-state index in [1.165, 1.54) is 6.07 Å². The molecule has 0 saturated heterocycles. The fraction of sp³-hybridized carbons (Fsp3) is 0. The number of H-pyrrole nitrogens is 3. The molecule has 0 amide bonds. The molecule has 6 heterocycles. The molecule has 0 aromatic carbocycles. The van der Waals surface area contributed by atoms with Crippen molar-refractivity contribution in [2.45, 2.75) is 0 Å². The summed E-state index contributed by atoms with van der Waals surface area (Å²) in [5.74, 6) is 0. The summed E-state index contributed by atoms with van der Waals surface area (Å²) >= 11 is 12.6. The summed E-state index contributed by atoms with van der Waals surface area (Å²) in [6, 6.07) is 11.1. The standard InChI is InChI=1S/C12H7BrClN3.C12H8BrN3O/c13-8-3-9-10(6-17-12(9)16-5-8)7-1-2-11(14)15-4-7;13-8-3-9-10(6-16-12(9)15-5-8)7-1-2-11(17)14-4-7/h1-6H,(H,16,17);1-6H,(H,14,17)(H,15,16). The molecule has 168 valence electrons. The third-order valence-corrected chi connectivity index (χ3v) is 6.22. The molecule has 6 rings (SSSR count). The minimum atomic E-state index is -0.104. The van der Waals surface area contributed by atoms with Crippen LogP contribution >= 0.6 is 43.5 Å². The summed E-state index contributed by atoms with van der Waals surface area (Å²) in [5, 5.41) is 2.57. The zero-order chi connectivity index (χ0) is 23.7. The fourth-order valence-electron chi connectivity index (χ4n) is 3.55. The van der Waals surface area contributed by atoms with Crippen molar-refractivity contribution in [3.8, 4) is 22.3 Å². The Morgan fingerprint density at radius 3 is 1.79 bits per heavy atom. The summed E-state index contributed by atoms with van der Waals surface area (Å²) < 4.78 is 1.88. The number of pyridine rings is 4. The van der Waals surface area contributed by atoms with E-state index in [2.05, 4.69) is 61.8 Å². The first-order valence-corrected chi connectivity index (χ1v) is 12.0. The van der Waals surface area contributed by atoms with E-state index in [0.29, 0.717) is 5.15 Å². The van der Waals surface area contributed by atoms with Gasteiger partial charge in [0.05, 0.1) is 0 Å². The van der Waals surface area contributed by atoms with E-state index >= 15 is 0 Å². The lowest BCUT2D eigenvalue weighted by Gasteiger charge is -1.99. The third-order valence-electron chi connectivity index (χ3n) is 5.13. The van der Waals surface area contributed by atoms with Crippen LogP contribution in [0.25, 0.3) is 44.3 Å². The molecule has 0 unspecified atom stereocenters. The van der Waals surface area contributed by atoms with Crippen LogP contribution in [0.1, 0.15) is 0 Å². The van der Waals surface area contributed by atoms with Gasteiger partial charge < -0.3 is 15.0 Å². The smallest absolute Gasteiger partial charge is 0.247 e. The van der Waals surface area contributed by atoms with Crippen molar-refractivity contribution in [2.75, 3.05) is 0 Å². The highest BCUT2D eigenvalue weighted by atomic mass is 79.9. The van der Waals surface area contributed by atoms with Crippen molar-refractivity contribution < 1.29 is 0 Å². The van der Waals surface area contributed by atoms with Gasteiger partial charge in [-0.25, -0.2) is 15.0 Å². The first kappa shape index (κ1) is 22.5. The van der Waals surface area contributed by atoms with Crippen LogP contribution in [0, 0.1) is 0 Å². The molecule has 6 aromatic rings. The van der Waals surface area contributed by atoms with Crippen LogP contribution < -0.4 is 5.56 Å². The fourth-order valence-corrected chi connectivity index (χ4v) is 4.32. The molecule has 0 radical (unpaired) electrons. The van der Waals surface area contributed by atoms with Crippen molar-refractivity contribution in [3.63, 3.8) is 0 Å². The van der Waals surface area contributed by atoms with Gasteiger partial charge in [0.2, 0.25) is 5.56 Å². The number of nitrogens with one attached hydrogen (secondary N) is 3. The van der Waals surface area contributed by atoms with Gasteiger partial charge in [-0.1, -0.05) is 11.6 Å². The van der Waals surface area contributed by atoms with E-state index in [1.54, 1.807) is 36.9 Å². The Bertz CT molecular complexity index is 1650. The summed E-state index contributed by atoms with van der Waals surface area (Å²) in [4.78, 5) is 32.6. The van der Waals surface area contributed by atoms with Gasteiger partial charge in [0.15, 0.2) is 0 Å². The minimum Gasteiger partial charge on any atom is -0.346 e. The van der Waals surface area contributed by atoms with Crippen molar-refractivity contribution in [1.82, 2.24) is 29.9 Å². The largest absolute Gasteiger partial charge is 0.346 e. The average Bonchev–Trinajstić information content (AvgIpc) is 3.44. The van der Waals surface area contributed by atoms with Gasteiger partial charge in [-0.2, -0.15) is 0 Å². The number of nitrogens with zero attached hydrogens (tertiary/aromatic N) is 3. The molecule has 6 aromatic heterocycles.